The fourth-order valence-corrected chi connectivity index (χ4v) is 2.43. The summed E-state index contributed by atoms with van der Waals surface area (Å²) in [5.41, 5.74) is 1.10. The van der Waals surface area contributed by atoms with Gasteiger partial charge in [-0.05, 0) is 30.3 Å². The number of ether oxygens (including phenoxy) is 1. The summed E-state index contributed by atoms with van der Waals surface area (Å²) < 4.78 is 5.05. The van der Waals surface area contributed by atoms with Crippen molar-refractivity contribution in [2.45, 2.75) is 6.92 Å². The molecule has 2 aromatic carbocycles. The highest BCUT2D eigenvalue weighted by atomic mass is 35.5. The third-order valence-corrected chi connectivity index (χ3v) is 3.45. The standard InChI is InChI=1S/C17H13ClN2O3/c1-10(21)23-15-7-6-12(18)9-13(15)17(22)20-16-8-11-4-2-3-5-14(11)19-16/h2-9,19H,1H3,(H,20,22). The van der Waals surface area contributed by atoms with Crippen LogP contribution in [0.3, 0.4) is 0 Å². The number of carbonyl (C=O) groups excluding carboxylic acids is 2. The van der Waals surface area contributed by atoms with E-state index >= 15 is 0 Å². The normalized spacial score (nSPS) is 10.5. The van der Waals surface area contributed by atoms with Crippen molar-refractivity contribution in [3.8, 4) is 5.75 Å². The number of halogens is 1. The monoisotopic (exact) mass is 328 g/mol. The zero-order valence-electron chi connectivity index (χ0n) is 12.2. The highest BCUT2D eigenvalue weighted by Gasteiger charge is 2.16. The number of amides is 1. The van der Waals surface area contributed by atoms with Gasteiger partial charge in [0.2, 0.25) is 0 Å². The lowest BCUT2D eigenvalue weighted by molar-refractivity contribution is -0.131. The van der Waals surface area contributed by atoms with E-state index in [1.54, 1.807) is 6.07 Å². The fraction of sp³-hybridized carbons (Fsp3) is 0.0588. The van der Waals surface area contributed by atoms with Gasteiger partial charge in [-0.15, -0.1) is 0 Å². The topological polar surface area (TPSA) is 71.2 Å². The summed E-state index contributed by atoms with van der Waals surface area (Å²) in [6.45, 7) is 1.27. The van der Waals surface area contributed by atoms with Crippen LogP contribution in [0.2, 0.25) is 5.02 Å². The number of rotatable bonds is 3. The molecule has 5 nitrogen and oxygen atoms in total. The van der Waals surface area contributed by atoms with Crippen LogP contribution in [0.5, 0.6) is 5.75 Å². The van der Waals surface area contributed by atoms with Gasteiger partial charge in [-0.1, -0.05) is 29.8 Å². The smallest absolute Gasteiger partial charge is 0.308 e. The molecule has 0 saturated heterocycles. The van der Waals surface area contributed by atoms with Crippen LogP contribution >= 0.6 is 11.6 Å². The lowest BCUT2D eigenvalue weighted by Gasteiger charge is -2.09. The van der Waals surface area contributed by atoms with Crippen LogP contribution < -0.4 is 10.1 Å². The Kier molecular flexibility index (Phi) is 4.04. The van der Waals surface area contributed by atoms with E-state index in [0.29, 0.717) is 10.8 Å². The maximum absolute atomic E-state index is 12.5. The zero-order chi connectivity index (χ0) is 16.4. The highest BCUT2D eigenvalue weighted by molar-refractivity contribution is 6.31. The molecule has 0 bridgehead atoms. The largest absolute Gasteiger partial charge is 0.426 e. The van der Waals surface area contributed by atoms with Crippen LogP contribution in [-0.4, -0.2) is 16.9 Å². The number of esters is 1. The van der Waals surface area contributed by atoms with Crippen molar-refractivity contribution < 1.29 is 14.3 Å². The van der Waals surface area contributed by atoms with Gasteiger partial charge in [0.05, 0.1) is 5.56 Å². The molecule has 0 radical (unpaired) electrons. The van der Waals surface area contributed by atoms with Crippen LogP contribution in [0.15, 0.2) is 48.5 Å². The number of fused-ring (bicyclic) bond motifs is 1. The van der Waals surface area contributed by atoms with Crippen LogP contribution in [0, 0.1) is 0 Å². The Morgan fingerprint density at radius 2 is 1.91 bits per heavy atom. The fourth-order valence-electron chi connectivity index (χ4n) is 2.25. The van der Waals surface area contributed by atoms with Gasteiger partial charge in [0.1, 0.15) is 11.6 Å². The molecule has 0 fully saturated rings. The first-order chi connectivity index (χ1) is 11.0. The molecule has 0 aliphatic heterocycles. The second-order valence-electron chi connectivity index (χ2n) is 4.96. The minimum atomic E-state index is -0.507. The summed E-state index contributed by atoms with van der Waals surface area (Å²) in [5, 5.41) is 4.10. The summed E-state index contributed by atoms with van der Waals surface area (Å²) >= 11 is 5.94. The van der Waals surface area contributed by atoms with Gasteiger partial charge in [0, 0.05) is 22.8 Å². The molecular formula is C17H13ClN2O3. The van der Waals surface area contributed by atoms with E-state index in [9.17, 15) is 9.59 Å². The van der Waals surface area contributed by atoms with E-state index in [-0.39, 0.29) is 11.3 Å². The number of aromatic amines is 1. The maximum atomic E-state index is 12.5. The third kappa shape index (κ3) is 3.35. The quantitative estimate of drug-likeness (QED) is 0.564. The van der Waals surface area contributed by atoms with Crippen LogP contribution in [0.1, 0.15) is 17.3 Å². The Hall–Kier alpha value is -2.79. The van der Waals surface area contributed by atoms with Crippen molar-refractivity contribution in [1.29, 1.82) is 0 Å². The van der Waals surface area contributed by atoms with Crippen molar-refractivity contribution in [2.24, 2.45) is 0 Å². The number of H-pyrrole nitrogens is 1. The van der Waals surface area contributed by atoms with E-state index in [1.807, 2.05) is 30.3 Å². The number of anilines is 1. The minimum Gasteiger partial charge on any atom is -0.426 e. The SMILES string of the molecule is CC(=O)Oc1ccc(Cl)cc1C(=O)Nc1cc2ccccc2[nH]1. The zero-order valence-corrected chi connectivity index (χ0v) is 13.0. The number of carbonyl (C=O) groups is 2. The lowest BCUT2D eigenvalue weighted by Crippen LogP contribution is -2.15. The first kappa shape index (κ1) is 15.1. The maximum Gasteiger partial charge on any atom is 0.308 e. The first-order valence-electron chi connectivity index (χ1n) is 6.90. The molecule has 116 valence electrons. The number of benzene rings is 2. The minimum absolute atomic E-state index is 0.163. The molecule has 1 aromatic heterocycles. The molecule has 3 rings (SSSR count). The van der Waals surface area contributed by atoms with Crippen LogP contribution in [-0.2, 0) is 4.79 Å². The van der Waals surface area contributed by atoms with E-state index in [4.69, 9.17) is 16.3 Å². The average Bonchev–Trinajstić information content (AvgIpc) is 2.90. The second-order valence-corrected chi connectivity index (χ2v) is 5.39. The number of hydrogen-bond acceptors (Lipinski definition) is 3. The molecule has 0 unspecified atom stereocenters. The van der Waals surface area contributed by atoms with Crippen molar-refractivity contribution in [1.82, 2.24) is 4.98 Å². The van der Waals surface area contributed by atoms with Gasteiger partial charge in [0.15, 0.2) is 0 Å². The Morgan fingerprint density at radius 3 is 2.65 bits per heavy atom. The molecular weight excluding hydrogens is 316 g/mol. The van der Waals surface area contributed by atoms with Crippen LogP contribution in [0.4, 0.5) is 5.82 Å². The van der Waals surface area contributed by atoms with Gasteiger partial charge in [-0.25, -0.2) is 0 Å². The molecule has 1 amide bonds. The van der Waals surface area contributed by atoms with Gasteiger partial charge in [0.25, 0.3) is 5.91 Å². The van der Waals surface area contributed by atoms with Crippen molar-refractivity contribution in [3.63, 3.8) is 0 Å². The van der Waals surface area contributed by atoms with Crippen LogP contribution in [0.25, 0.3) is 10.9 Å². The average molecular weight is 329 g/mol. The van der Waals surface area contributed by atoms with E-state index in [2.05, 4.69) is 10.3 Å². The Bertz CT molecular complexity index is 869. The molecule has 1 heterocycles. The Labute approximate surface area is 137 Å². The summed E-state index contributed by atoms with van der Waals surface area (Å²) in [4.78, 5) is 26.7. The highest BCUT2D eigenvalue weighted by Crippen LogP contribution is 2.25. The number of hydrogen-bond donors (Lipinski definition) is 2. The lowest BCUT2D eigenvalue weighted by atomic mass is 10.2. The third-order valence-electron chi connectivity index (χ3n) is 3.22. The Balaban J connectivity index is 1.90. The molecule has 0 aliphatic rings. The van der Waals surface area contributed by atoms with Crippen molar-refractivity contribution in [2.75, 3.05) is 5.32 Å². The van der Waals surface area contributed by atoms with Gasteiger partial charge in [-0.2, -0.15) is 0 Å². The molecule has 0 saturated carbocycles. The number of nitrogens with one attached hydrogen (secondary N) is 2. The second kappa shape index (κ2) is 6.14. The van der Waals surface area contributed by atoms with Crippen molar-refractivity contribution >= 4 is 40.2 Å². The molecule has 0 aliphatic carbocycles. The molecule has 3 aromatic rings. The number of para-hydroxylation sites is 1. The summed E-state index contributed by atoms with van der Waals surface area (Å²) in [5.74, 6) is -0.220. The predicted molar refractivity (Wildman–Crippen MR) is 89.0 cm³/mol. The molecule has 0 spiro atoms. The van der Waals surface area contributed by atoms with E-state index in [0.717, 1.165) is 10.9 Å². The molecule has 2 N–H and O–H groups in total. The van der Waals surface area contributed by atoms with Gasteiger partial charge < -0.3 is 15.0 Å². The summed E-state index contributed by atoms with van der Waals surface area (Å²) in [6, 6.07) is 14.0. The molecule has 0 atom stereocenters. The van der Waals surface area contributed by atoms with Gasteiger partial charge >= 0.3 is 5.97 Å². The summed E-state index contributed by atoms with van der Waals surface area (Å²) in [6.07, 6.45) is 0. The van der Waals surface area contributed by atoms with E-state index < -0.39 is 11.9 Å². The van der Waals surface area contributed by atoms with Crippen molar-refractivity contribution in [3.05, 3.63) is 59.1 Å². The van der Waals surface area contributed by atoms with E-state index in [1.165, 1.54) is 19.1 Å². The molecule has 23 heavy (non-hydrogen) atoms. The predicted octanol–water partition coefficient (Wildman–Crippen LogP) is 4.00. The summed E-state index contributed by atoms with van der Waals surface area (Å²) in [7, 11) is 0. The number of aromatic nitrogens is 1. The Morgan fingerprint density at radius 1 is 1.13 bits per heavy atom. The first-order valence-corrected chi connectivity index (χ1v) is 7.28. The van der Waals surface area contributed by atoms with Gasteiger partial charge in [-0.3, -0.25) is 9.59 Å². The molecule has 6 heteroatoms.